The minimum atomic E-state index is 0. The third-order valence-corrected chi connectivity index (χ3v) is 1.31. The Labute approximate surface area is 63.7 Å². The van der Waals surface area contributed by atoms with Crippen LogP contribution < -0.4 is 5.19 Å². The summed E-state index contributed by atoms with van der Waals surface area (Å²) in [6.07, 6.45) is 0. The van der Waals surface area contributed by atoms with Crippen LogP contribution in [-0.4, -0.2) is 27.8 Å². The van der Waals surface area contributed by atoms with Gasteiger partial charge < -0.3 is 0 Å². The number of hydrogen-bond donors (Lipinski definition) is 0. The van der Waals surface area contributed by atoms with E-state index >= 15 is 0 Å². The normalized spacial score (nSPS) is 7.62. The van der Waals surface area contributed by atoms with Gasteiger partial charge in [-0.05, 0) is 0 Å². The Kier molecular flexibility index (Phi) is 3.91. The number of benzene rings is 1. The molecule has 0 heterocycles. The molecule has 0 saturated heterocycles. The molecule has 0 aliphatic carbocycles. The zero-order valence-corrected chi connectivity index (χ0v) is 8.11. The minimum Gasteiger partial charge on any atom is -0.0697 e. The van der Waals surface area contributed by atoms with Crippen molar-refractivity contribution in [3.63, 3.8) is 0 Å². The van der Waals surface area contributed by atoms with Crippen molar-refractivity contribution in [2.45, 2.75) is 0 Å². The van der Waals surface area contributed by atoms with Gasteiger partial charge in [-0.1, -0.05) is 35.5 Å². The van der Waals surface area contributed by atoms with Crippen molar-refractivity contribution in [3.05, 3.63) is 30.3 Å². The zero-order valence-electron chi connectivity index (χ0n) is 4.59. The van der Waals surface area contributed by atoms with Crippen molar-refractivity contribution in [1.29, 1.82) is 0 Å². The third-order valence-electron chi connectivity index (χ3n) is 0.843. The molecule has 0 bridgehead atoms. The predicted octanol–water partition coefficient (Wildman–Crippen LogP) is -0.436. The molecule has 0 aromatic heterocycles. The van der Waals surface area contributed by atoms with Gasteiger partial charge in [0.25, 0.3) is 0 Å². The fraction of sp³-hybridized carbons (Fsp3) is 0. The molecule has 0 aliphatic rings. The van der Waals surface area contributed by atoms with Gasteiger partial charge in [0.05, 0.1) is 0 Å². The van der Waals surface area contributed by atoms with Crippen molar-refractivity contribution >= 4 is 33.0 Å². The zero-order chi connectivity index (χ0) is 5.11. The molecule has 0 atom stereocenters. The summed E-state index contributed by atoms with van der Waals surface area (Å²) in [6.45, 7) is 0. The smallest absolute Gasteiger partial charge is 0.0477 e. The minimum absolute atomic E-state index is 0. The van der Waals surface area contributed by atoms with Gasteiger partial charge in [-0.3, -0.25) is 0 Å². The first kappa shape index (κ1) is 7.98. The fourth-order valence-corrected chi connectivity index (χ4v) is 0.750. The van der Waals surface area contributed by atoms with Crippen LogP contribution in [0.1, 0.15) is 0 Å². The molecule has 0 saturated carbocycles. The Hall–Kier alpha value is -0.0203. The summed E-state index contributed by atoms with van der Waals surface area (Å²) in [5, 5.41) is 1.35. The summed E-state index contributed by atoms with van der Waals surface area (Å²) in [5.41, 5.74) is 0. The molecule has 0 fully saturated rings. The molecule has 0 unspecified atom stereocenters. The molecule has 5 radical (unpaired) electrons. The molecule has 8 heavy (non-hydrogen) atoms. The summed E-state index contributed by atoms with van der Waals surface area (Å²) in [4.78, 5) is 0. The fourth-order valence-electron chi connectivity index (χ4n) is 0.478. The van der Waals surface area contributed by atoms with Gasteiger partial charge in [-0.2, -0.15) is 0 Å². The van der Waals surface area contributed by atoms with Crippen molar-refractivity contribution in [3.8, 4) is 0 Å². The Morgan fingerprint density at radius 3 is 1.75 bits per heavy atom. The molecule has 0 N–H and O–H groups in total. The first-order valence-electron chi connectivity index (χ1n) is 2.26. The van der Waals surface area contributed by atoms with E-state index in [0.29, 0.717) is 0 Å². The largest absolute Gasteiger partial charge is 0.0697 e. The van der Waals surface area contributed by atoms with Crippen LogP contribution in [-0.2, 0) is 0 Å². The average Bonchev–Trinajstić information content (AvgIpc) is 1.69. The van der Waals surface area contributed by atoms with Gasteiger partial charge in [0.1, 0.15) is 0 Å². The van der Waals surface area contributed by atoms with E-state index in [-0.39, 0.29) is 17.6 Å². The summed E-state index contributed by atoms with van der Waals surface area (Å²) < 4.78 is 0. The summed E-state index contributed by atoms with van der Waals surface area (Å²) in [5.74, 6) is 0. The monoisotopic (exact) mass is 181 g/mol. The van der Waals surface area contributed by atoms with Gasteiger partial charge in [0.2, 0.25) is 0 Å². The van der Waals surface area contributed by atoms with Crippen LogP contribution in [0, 0.1) is 0 Å². The molecule has 39 valence electrons. The third kappa shape index (κ3) is 2.33. The molecule has 1 aromatic rings. The molecule has 1 aromatic carbocycles. The first-order valence-corrected chi connectivity index (χ1v) is 2.97. The Morgan fingerprint density at radius 1 is 1.00 bits per heavy atom. The molecular formula is C6H7GeSi. The maximum Gasteiger partial charge on any atom is 0.0477 e. The van der Waals surface area contributed by atoms with E-state index in [1.807, 2.05) is 28.4 Å². The molecule has 0 spiro atoms. The van der Waals surface area contributed by atoms with E-state index in [4.69, 9.17) is 0 Å². The summed E-state index contributed by atoms with van der Waals surface area (Å²) >= 11 is 0. The molecule has 0 amide bonds. The molecule has 0 aliphatic heterocycles. The van der Waals surface area contributed by atoms with Crippen molar-refractivity contribution < 1.29 is 0 Å². The second-order valence-corrected chi connectivity index (χ2v) is 2.30. The van der Waals surface area contributed by atoms with Crippen LogP contribution in [0.25, 0.3) is 0 Å². The van der Waals surface area contributed by atoms with Crippen molar-refractivity contribution in [1.82, 2.24) is 0 Å². The van der Waals surface area contributed by atoms with Crippen LogP contribution in [0.15, 0.2) is 30.3 Å². The molecule has 0 nitrogen and oxygen atoms in total. The van der Waals surface area contributed by atoms with Crippen LogP contribution in [0.4, 0.5) is 0 Å². The van der Waals surface area contributed by atoms with Crippen LogP contribution >= 0.6 is 0 Å². The standard InChI is InChI=1S/C6H7Si.Ge/c7-6-4-2-1-3-5-6;/h1-5H,7H2;. The number of hydrogen-bond acceptors (Lipinski definition) is 0. The Balaban J connectivity index is 0.000000490. The SMILES string of the molecule is [Ge].[SiH2]c1ccccc1. The van der Waals surface area contributed by atoms with Gasteiger partial charge in [0, 0.05) is 27.8 Å². The van der Waals surface area contributed by atoms with Gasteiger partial charge in [-0.25, -0.2) is 0 Å². The van der Waals surface area contributed by atoms with Crippen LogP contribution in [0.2, 0.25) is 0 Å². The van der Waals surface area contributed by atoms with Gasteiger partial charge in [-0.15, -0.1) is 0 Å². The van der Waals surface area contributed by atoms with E-state index in [1.165, 1.54) is 5.19 Å². The van der Waals surface area contributed by atoms with Crippen molar-refractivity contribution in [2.24, 2.45) is 0 Å². The topological polar surface area (TPSA) is 0 Å². The average molecular weight is 180 g/mol. The van der Waals surface area contributed by atoms with E-state index in [1.54, 1.807) is 0 Å². The number of rotatable bonds is 0. The Morgan fingerprint density at radius 2 is 1.50 bits per heavy atom. The van der Waals surface area contributed by atoms with Gasteiger partial charge in [0.15, 0.2) is 0 Å². The predicted molar refractivity (Wildman–Crippen MR) is 40.4 cm³/mol. The van der Waals surface area contributed by atoms with Crippen LogP contribution in [0.5, 0.6) is 0 Å². The van der Waals surface area contributed by atoms with E-state index in [2.05, 4.69) is 12.1 Å². The van der Waals surface area contributed by atoms with Crippen LogP contribution in [0.3, 0.4) is 0 Å². The molecule has 2 heteroatoms. The van der Waals surface area contributed by atoms with E-state index < -0.39 is 0 Å². The molecule has 1 rings (SSSR count). The van der Waals surface area contributed by atoms with Gasteiger partial charge >= 0.3 is 0 Å². The first-order chi connectivity index (χ1) is 3.39. The second-order valence-electron chi connectivity index (χ2n) is 1.49. The quantitative estimate of drug-likeness (QED) is 0.475. The van der Waals surface area contributed by atoms with E-state index in [9.17, 15) is 0 Å². The maximum atomic E-state index is 2.10. The second kappa shape index (κ2) is 3.92. The Bertz CT molecular complexity index is 138. The molecular weight excluding hydrogens is 173 g/mol. The maximum absolute atomic E-state index is 2.10. The summed E-state index contributed by atoms with van der Waals surface area (Å²) in [6, 6.07) is 10.3. The van der Waals surface area contributed by atoms with Crippen molar-refractivity contribution in [2.75, 3.05) is 0 Å². The summed E-state index contributed by atoms with van der Waals surface area (Å²) in [7, 11) is 1.90. The van der Waals surface area contributed by atoms with E-state index in [0.717, 1.165) is 0 Å².